The second kappa shape index (κ2) is 6.85. The van der Waals surface area contributed by atoms with Crippen LogP contribution in [0.2, 0.25) is 0 Å². The van der Waals surface area contributed by atoms with E-state index >= 15 is 0 Å². The fourth-order valence-corrected chi connectivity index (χ4v) is 3.40. The molecule has 1 saturated heterocycles. The van der Waals surface area contributed by atoms with Crippen molar-refractivity contribution in [3.05, 3.63) is 0 Å². The highest BCUT2D eigenvalue weighted by Crippen LogP contribution is 2.05. The highest BCUT2D eigenvalue weighted by molar-refractivity contribution is 7.91. The Kier molecular flexibility index (Phi) is 5.74. The number of carboxylic acid groups (broad SMARTS) is 1. The maximum absolute atomic E-state index is 11.6. The lowest BCUT2D eigenvalue weighted by Crippen LogP contribution is -2.47. The topological polar surface area (TPSA) is 113 Å². The van der Waals surface area contributed by atoms with Gasteiger partial charge in [0.1, 0.15) is 0 Å². The fraction of sp³-hybridized carbons (Fsp3) is 0.818. The van der Waals surface area contributed by atoms with Gasteiger partial charge in [-0.05, 0) is 5.92 Å². The van der Waals surface area contributed by atoms with Gasteiger partial charge in [-0.2, -0.15) is 0 Å². The molecule has 0 bridgehead atoms. The molecule has 0 radical (unpaired) electrons. The minimum absolute atomic E-state index is 0.00363. The van der Waals surface area contributed by atoms with Crippen molar-refractivity contribution >= 4 is 21.7 Å². The molecule has 8 heteroatoms. The van der Waals surface area contributed by atoms with Crippen LogP contribution >= 0.6 is 0 Å². The van der Waals surface area contributed by atoms with Crippen LogP contribution < -0.4 is 10.6 Å². The summed E-state index contributed by atoms with van der Waals surface area (Å²) in [5, 5.41) is 14.2. The lowest BCUT2D eigenvalue weighted by Gasteiger charge is -2.23. The van der Waals surface area contributed by atoms with Crippen LogP contribution in [0.5, 0.6) is 0 Å². The average molecular weight is 292 g/mol. The van der Waals surface area contributed by atoms with Crippen LogP contribution in [0.4, 0.5) is 0 Å². The van der Waals surface area contributed by atoms with Crippen LogP contribution in [-0.2, 0) is 19.4 Å². The molecule has 3 N–H and O–H groups in total. The molecule has 2 atom stereocenters. The number of sulfone groups is 1. The van der Waals surface area contributed by atoms with Gasteiger partial charge in [-0.3, -0.25) is 9.59 Å². The summed E-state index contributed by atoms with van der Waals surface area (Å²) in [6.45, 7) is 2.39. The van der Waals surface area contributed by atoms with Gasteiger partial charge in [-0.1, -0.05) is 6.92 Å². The van der Waals surface area contributed by atoms with Gasteiger partial charge in [0.05, 0.1) is 11.5 Å². The highest BCUT2D eigenvalue weighted by Gasteiger charge is 2.25. The minimum Gasteiger partial charge on any atom is -0.481 e. The first-order valence-corrected chi connectivity index (χ1v) is 8.03. The summed E-state index contributed by atoms with van der Waals surface area (Å²) in [6, 6.07) is -0.353. The summed E-state index contributed by atoms with van der Waals surface area (Å²) >= 11 is 0. The quantitative estimate of drug-likeness (QED) is 0.578. The van der Waals surface area contributed by atoms with E-state index in [1.165, 1.54) is 0 Å². The highest BCUT2D eigenvalue weighted by atomic mass is 32.2. The van der Waals surface area contributed by atoms with Gasteiger partial charge in [0.25, 0.3) is 0 Å². The summed E-state index contributed by atoms with van der Waals surface area (Å²) in [5.74, 6) is -1.22. The molecule has 0 spiro atoms. The summed E-state index contributed by atoms with van der Waals surface area (Å²) < 4.78 is 22.8. The Morgan fingerprint density at radius 3 is 2.74 bits per heavy atom. The number of carboxylic acids is 1. The first-order chi connectivity index (χ1) is 8.78. The smallest absolute Gasteiger partial charge is 0.303 e. The summed E-state index contributed by atoms with van der Waals surface area (Å²) in [4.78, 5) is 22.1. The number of hydrogen-bond acceptors (Lipinski definition) is 5. The van der Waals surface area contributed by atoms with Gasteiger partial charge >= 0.3 is 5.97 Å². The zero-order chi connectivity index (χ0) is 14.5. The molecule has 0 aromatic heterocycles. The predicted molar refractivity (Wildman–Crippen MR) is 69.5 cm³/mol. The lowest BCUT2D eigenvalue weighted by atomic mass is 10.1. The third-order valence-electron chi connectivity index (χ3n) is 2.90. The SMILES string of the molecule is CC(CNC(=O)CC1CS(=O)(=O)CCN1)CC(=O)O. The Bertz CT molecular complexity index is 434. The molecular weight excluding hydrogens is 272 g/mol. The third-order valence-corrected chi connectivity index (χ3v) is 4.64. The van der Waals surface area contributed by atoms with Crippen molar-refractivity contribution in [1.29, 1.82) is 0 Å². The van der Waals surface area contributed by atoms with E-state index < -0.39 is 15.8 Å². The van der Waals surface area contributed by atoms with Gasteiger partial charge in [0, 0.05) is 32.0 Å². The molecular formula is C11H20N2O5S. The van der Waals surface area contributed by atoms with Gasteiger partial charge < -0.3 is 15.7 Å². The fourth-order valence-electron chi connectivity index (χ4n) is 1.95. The monoisotopic (exact) mass is 292 g/mol. The molecule has 1 heterocycles. The van der Waals surface area contributed by atoms with Crippen molar-refractivity contribution in [2.45, 2.75) is 25.8 Å². The number of hydrogen-bond donors (Lipinski definition) is 3. The molecule has 1 aliphatic rings. The molecule has 0 aromatic carbocycles. The Labute approximate surface area is 112 Å². The van der Waals surface area contributed by atoms with Gasteiger partial charge in [0.15, 0.2) is 9.84 Å². The molecule has 1 aliphatic heterocycles. The van der Waals surface area contributed by atoms with E-state index in [-0.39, 0.29) is 48.8 Å². The van der Waals surface area contributed by atoms with E-state index in [1.54, 1.807) is 6.92 Å². The van der Waals surface area contributed by atoms with Crippen LogP contribution in [-0.4, -0.2) is 56.0 Å². The number of nitrogens with one attached hydrogen (secondary N) is 2. The maximum atomic E-state index is 11.6. The second-order valence-electron chi connectivity index (χ2n) is 4.98. The molecule has 1 rings (SSSR count). The number of carbonyl (C=O) groups excluding carboxylic acids is 1. The van der Waals surface area contributed by atoms with E-state index in [2.05, 4.69) is 10.6 Å². The van der Waals surface area contributed by atoms with E-state index in [0.29, 0.717) is 6.54 Å². The molecule has 2 unspecified atom stereocenters. The van der Waals surface area contributed by atoms with Gasteiger partial charge in [-0.15, -0.1) is 0 Å². The minimum atomic E-state index is -3.04. The summed E-state index contributed by atoms with van der Waals surface area (Å²) in [6.07, 6.45) is 0.0926. The van der Waals surface area contributed by atoms with E-state index in [1.807, 2.05) is 0 Å². The first kappa shape index (κ1) is 15.9. The number of aliphatic carboxylic acids is 1. The maximum Gasteiger partial charge on any atom is 0.303 e. The molecule has 1 amide bonds. The van der Waals surface area contributed by atoms with Gasteiger partial charge in [0.2, 0.25) is 5.91 Å². The zero-order valence-corrected chi connectivity index (χ0v) is 11.7. The standard InChI is InChI=1S/C11H20N2O5S/c1-8(4-11(15)16)6-13-10(14)5-9-7-19(17,18)3-2-12-9/h8-9,12H,2-7H2,1H3,(H,13,14)(H,15,16). The van der Waals surface area contributed by atoms with Crippen LogP contribution in [0.3, 0.4) is 0 Å². The van der Waals surface area contributed by atoms with Crippen LogP contribution in [0, 0.1) is 5.92 Å². The number of amides is 1. The van der Waals surface area contributed by atoms with Crippen molar-refractivity contribution in [3.63, 3.8) is 0 Å². The second-order valence-corrected chi connectivity index (χ2v) is 7.21. The van der Waals surface area contributed by atoms with E-state index in [0.717, 1.165) is 0 Å². The third kappa shape index (κ3) is 6.53. The normalized spacial score (nSPS) is 23.5. The molecule has 7 nitrogen and oxygen atoms in total. The van der Waals surface area contributed by atoms with Crippen molar-refractivity contribution in [2.75, 3.05) is 24.6 Å². The first-order valence-electron chi connectivity index (χ1n) is 6.21. The largest absolute Gasteiger partial charge is 0.481 e. The van der Waals surface area contributed by atoms with Crippen LogP contribution in [0.15, 0.2) is 0 Å². The van der Waals surface area contributed by atoms with E-state index in [4.69, 9.17) is 5.11 Å². The van der Waals surface area contributed by atoms with Crippen molar-refractivity contribution in [1.82, 2.24) is 10.6 Å². The zero-order valence-electron chi connectivity index (χ0n) is 10.9. The predicted octanol–water partition coefficient (Wildman–Crippen LogP) is -1.01. The molecule has 110 valence electrons. The Morgan fingerprint density at radius 1 is 1.47 bits per heavy atom. The Morgan fingerprint density at radius 2 is 2.16 bits per heavy atom. The number of rotatable bonds is 6. The summed E-state index contributed by atoms with van der Waals surface area (Å²) in [5.41, 5.74) is 0. The average Bonchev–Trinajstić information content (AvgIpc) is 2.24. The molecule has 0 aromatic rings. The number of carbonyl (C=O) groups is 2. The summed E-state index contributed by atoms with van der Waals surface area (Å²) in [7, 11) is -3.04. The molecule has 19 heavy (non-hydrogen) atoms. The molecule has 1 fully saturated rings. The van der Waals surface area contributed by atoms with Gasteiger partial charge in [-0.25, -0.2) is 8.42 Å². The Hall–Kier alpha value is -1.15. The Balaban J connectivity index is 2.29. The van der Waals surface area contributed by atoms with Crippen LogP contribution in [0.1, 0.15) is 19.8 Å². The van der Waals surface area contributed by atoms with E-state index in [9.17, 15) is 18.0 Å². The molecule has 0 aliphatic carbocycles. The van der Waals surface area contributed by atoms with Crippen molar-refractivity contribution < 1.29 is 23.1 Å². The molecule has 0 saturated carbocycles. The van der Waals surface area contributed by atoms with Crippen LogP contribution in [0.25, 0.3) is 0 Å². The van der Waals surface area contributed by atoms with Crippen molar-refractivity contribution in [3.8, 4) is 0 Å². The van der Waals surface area contributed by atoms with Crippen molar-refractivity contribution in [2.24, 2.45) is 5.92 Å². The lowest BCUT2D eigenvalue weighted by molar-refractivity contribution is -0.138.